The Balaban J connectivity index is 1.65. The Morgan fingerprint density at radius 2 is 1.58 bits per heavy atom. The molecule has 2 atom stereocenters. The van der Waals surface area contributed by atoms with Crippen molar-refractivity contribution in [2.24, 2.45) is 5.92 Å². The number of hydrogen-bond acceptors (Lipinski definition) is 3. The number of ether oxygens (including phenoxy) is 1. The average molecular weight is 353 g/mol. The molecule has 26 heavy (non-hydrogen) atoms. The van der Waals surface area contributed by atoms with Gasteiger partial charge in [-0.05, 0) is 24.0 Å². The Bertz CT molecular complexity index is 693. The highest BCUT2D eigenvalue weighted by molar-refractivity contribution is 5.79. The van der Waals surface area contributed by atoms with E-state index in [4.69, 9.17) is 4.74 Å². The molecule has 1 amide bonds. The molecule has 0 radical (unpaired) electrons. The summed E-state index contributed by atoms with van der Waals surface area (Å²) in [7, 11) is 0. The minimum Gasteiger partial charge on any atom is -0.481 e. The molecule has 5 nitrogen and oxygen atoms in total. The number of carboxylic acids is 1. The van der Waals surface area contributed by atoms with E-state index in [-0.39, 0.29) is 24.7 Å². The topological polar surface area (TPSA) is 75.6 Å². The number of amides is 1. The summed E-state index contributed by atoms with van der Waals surface area (Å²) in [6.45, 7) is -0.114. The van der Waals surface area contributed by atoms with Crippen LogP contribution in [0, 0.1) is 5.92 Å². The van der Waals surface area contributed by atoms with Crippen LogP contribution in [-0.2, 0) is 14.3 Å². The summed E-state index contributed by atoms with van der Waals surface area (Å²) < 4.78 is 5.92. The van der Waals surface area contributed by atoms with Crippen molar-refractivity contribution in [3.05, 3.63) is 71.8 Å². The van der Waals surface area contributed by atoms with E-state index < -0.39 is 11.9 Å². The Morgan fingerprint density at radius 3 is 2.12 bits per heavy atom. The smallest absolute Gasteiger partial charge is 0.308 e. The van der Waals surface area contributed by atoms with Crippen LogP contribution >= 0.6 is 0 Å². The number of carbonyl (C=O) groups is 2. The summed E-state index contributed by atoms with van der Waals surface area (Å²) >= 11 is 0. The summed E-state index contributed by atoms with van der Waals surface area (Å²) in [5, 5.41) is 12.1. The highest BCUT2D eigenvalue weighted by atomic mass is 16.5. The summed E-state index contributed by atoms with van der Waals surface area (Å²) in [4.78, 5) is 23.6. The minimum absolute atomic E-state index is 0.114. The largest absolute Gasteiger partial charge is 0.481 e. The van der Waals surface area contributed by atoms with E-state index >= 15 is 0 Å². The van der Waals surface area contributed by atoms with E-state index in [9.17, 15) is 14.7 Å². The second kappa shape index (κ2) is 8.63. The molecule has 2 N–H and O–H groups in total. The van der Waals surface area contributed by atoms with Crippen molar-refractivity contribution in [1.82, 2.24) is 5.32 Å². The third-order valence-electron chi connectivity index (χ3n) is 4.77. The molecule has 1 aliphatic rings. The van der Waals surface area contributed by atoms with Crippen molar-refractivity contribution >= 4 is 11.9 Å². The van der Waals surface area contributed by atoms with Crippen LogP contribution in [0.15, 0.2) is 60.7 Å². The number of hydrogen-bond donors (Lipinski definition) is 2. The molecule has 136 valence electrons. The zero-order valence-electron chi connectivity index (χ0n) is 14.5. The number of benzene rings is 2. The van der Waals surface area contributed by atoms with Gasteiger partial charge in [-0.2, -0.15) is 0 Å². The lowest BCUT2D eigenvalue weighted by Gasteiger charge is -2.21. The van der Waals surface area contributed by atoms with E-state index in [2.05, 4.69) is 5.32 Å². The number of nitrogens with one attached hydrogen (secondary N) is 1. The van der Waals surface area contributed by atoms with Crippen LogP contribution in [0.1, 0.15) is 36.5 Å². The summed E-state index contributed by atoms with van der Waals surface area (Å²) in [5.74, 6) is -1.63. The molecule has 1 aliphatic carbocycles. The van der Waals surface area contributed by atoms with Gasteiger partial charge in [-0.25, -0.2) is 0 Å². The van der Waals surface area contributed by atoms with Gasteiger partial charge in [0.05, 0.1) is 5.92 Å². The maximum absolute atomic E-state index is 12.3. The average Bonchev–Trinajstić information content (AvgIpc) is 3.12. The van der Waals surface area contributed by atoms with Crippen LogP contribution in [0.2, 0.25) is 0 Å². The van der Waals surface area contributed by atoms with Crippen LogP contribution in [0.4, 0.5) is 0 Å². The lowest BCUT2D eigenvalue weighted by atomic mass is 10.0. The lowest BCUT2D eigenvalue weighted by Crippen LogP contribution is -2.42. The monoisotopic (exact) mass is 353 g/mol. The maximum atomic E-state index is 12.3. The number of aliphatic carboxylic acids is 1. The standard InChI is InChI=1S/C21H23NO4/c23-19(22-18-13-7-12-17(18)21(24)25)14-26-20(15-8-3-1-4-9-15)16-10-5-2-6-11-16/h1-6,8-11,17-18,20H,7,12-14H2,(H,22,23)(H,24,25)/t17-,18+/m1/s1. The van der Waals surface area contributed by atoms with Crippen LogP contribution in [0.5, 0.6) is 0 Å². The third-order valence-corrected chi connectivity index (χ3v) is 4.77. The predicted molar refractivity (Wildman–Crippen MR) is 97.6 cm³/mol. The third kappa shape index (κ3) is 4.49. The van der Waals surface area contributed by atoms with E-state index in [1.165, 1.54) is 0 Å². The molecular weight excluding hydrogens is 330 g/mol. The van der Waals surface area contributed by atoms with Gasteiger partial charge in [0, 0.05) is 6.04 Å². The van der Waals surface area contributed by atoms with Crippen LogP contribution in [0.3, 0.4) is 0 Å². The Hall–Kier alpha value is -2.66. The van der Waals surface area contributed by atoms with Gasteiger partial charge in [-0.3, -0.25) is 9.59 Å². The fourth-order valence-corrected chi connectivity index (χ4v) is 3.48. The van der Waals surface area contributed by atoms with Crippen molar-refractivity contribution in [3.8, 4) is 0 Å². The second-order valence-electron chi connectivity index (χ2n) is 6.56. The fourth-order valence-electron chi connectivity index (χ4n) is 3.48. The summed E-state index contributed by atoms with van der Waals surface area (Å²) in [6, 6.07) is 19.2. The van der Waals surface area contributed by atoms with Crippen molar-refractivity contribution in [2.75, 3.05) is 6.61 Å². The molecule has 0 bridgehead atoms. The van der Waals surface area contributed by atoms with Gasteiger partial charge in [0.1, 0.15) is 12.7 Å². The van der Waals surface area contributed by atoms with E-state index in [1.807, 2.05) is 60.7 Å². The normalized spacial score (nSPS) is 19.4. The Kier molecular flexibility index (Phi) is 6.02. The number of carboxylic acid groups (broad SMARTS) is 1. The molecule has 0 unspecified atom stereocenters. The molecule has 0 aliphatic heterocycles. The second-order valence-corrected chi connectivity index (χ2v) is 6.56. The number of rotatable bonds is 7. The van der Waals surface area contributed by atoms with Crippen LogP contribution < -0.4 is 5.32 Å². The molecule has 1 saturated carbocycles. The molecule has 5 heteroatoms. The van der Waals surface area contributed by atoms with Crippen molar-refractivity contribution < 1.29 is 19.4 Å². The van der Waals surface area contributed by atoms with Crippen molar-refractivity contribution in [3.63, 3.8) is 0 Å². The van der Waals surface area contributed by atoms with Gasteiger partial charge in [0.15, 0.2) is 0 Å². The van der Waals surface area contributed by atoms with Gasteiger partial charge in [-0.15, -0.1) is 0 Å². The summed E-state index contributed by atoms with van der Waals surface area (Å²) in [5.41, 5.74) is 1.94. The molecule has 2 aromatic rings. The first-order valence-corrected chi connectivity index (χ1v) is 8.89. The van der Waals surface area contributed by atoms with Crippen LogP contribution in [-0.4, -0.2) is 29.6 Å². The van der Waals surface area contributed by atoms with Crippen molar-refractivity contribution in [2.45, 2.75) is 31.4 Å². The molecule has 1 fully saturated rings. The van der Waals surface area contributed by atoms with Gasteiger partial charge in [0.25, 0.3) is 0 Å². The Labute approximate surface area is 153 Å². The number of carbonyl (C=O) groups excluding carboxylic acids is 1. The van der Waals surface area contributed by atoms with Gasteiger partial charge in [-0.1, -0.05) is 67.1 Å². The minimum atomic E-state index is -0.847. The molecule has 2 aromatic carbocycles. The van der Waals surface area contributed by atoms with Gasteiger partial charge < -0.3 is 15.2 Å². The highest BCUT2D eigenvalue weighted by Crippen LogP contribution is 2.27. The zero-order chi connectivity index (χ0) is 18.4. The molecule has 0 saturated heterocycles. The first kappa shape index (κ1) is 18.1. The zero-order valence-corrected chi connectivity index (χ0v) is 14.5. The van der Waals surface area contributed by atoms with Crippen molar-refractivity contribution in [1.29, 1.82) is 0 Å². The van der Waals surface area contributed by atoms with Gasteiger partial charge >= 0.3 is 5.97 Å². The molecule has 0 heterocycles. The van der Waals surface area contributed by atoms with E-state index in [0.717, 1.165) is 17.5 Å². The van der Waals surface area contributed by atoms with Crippen LogP contribution in [0.25, 0.3) is 0 Å². The summed E-state index contributed by atoms with van der Waals surface area (Å²) in [6.07, 6.45) is 1.78. The highest BCUT2D eigenvalue weighted by Gasteiger charge is 2.33. The fraction of sp³-hybridized carbons (Fsp3) is 0.333. The maximum Gasteiger partial charge on any atom is 0.308 e. The lowest BCUT2D eigenvalue weighted by molar-refractivity contribution is -0.142. The predicted octanol–water partition coefficient (Wildman–Crippen LogP) is 3.16. The molecule has 3 rings (SSSR count). The van der Waals surface area contributed by atoms with Gasteiger partial charge in [0.2, 0.25) is 5.91 Å². The molecule has 0 aromatic heterocycles. The molecule has 0 spiro atoms. The van der Waals surface area contributed by atoms with E-state index in [1.54, 1.807) is 0 Å². The first-order chi connectivity index (χ1) is 12.6. The van der Waals surface area contributed by atoms with E-state index in [0.29, 0.717) is 12.8 Å². The first-order valence-electron chi connectivity index (χ1n) is 8.89. The molecular formula is C21H23NO4. The quantitative estimate of drug-likeness (QED) is 0.802. The Morgan fingerprint density at radius 1 is 1.00 bits per heavy atom. The SMILES string of the molecule is O=C(COC(c1ccccc1)c1ccccc1)N[C@H]1CCC[C@H]1C(=O)O.